The molecule has 0 radical (unpaired) electrons. The quantitative estimate of drug-likeness (QED) is 0.886. The lowest BCUT2D eigenvalue weighted by Crippen LogP contribution is -2.37. The van der Waals surface area contributed by atoms with Gasteiger partial charge in [-0.3, -0.25) is 4.79 Å². The Labute approximate surface area is 106 Å². The highest BCUT2D eigenvalue weighted by Gasteiger charge is 2.18. The van der Waals surface area contributed by atoms with E-state index in [9.17, 15) is 4.79 Å². The van der Waals surface area contributed by atoms with Gasteiger partial charge in [0.25, 0.3) is 5.91 Å². The standard InChI is InChI=1S/C11H16ClN3O2/c1-7(6-17-3)15(2)11(16)8-4-9(12)10(13)14-5-8/h4-5,7H,6H2,1-3H3,(H2,13,14). The van der Waals surface area contributed by atoms with Gasteiger partial charge < -0.3 is 15.4 Å². The summed E-state index contributed by atoms with van der Waals surface area (Å²) in [5, 5.41) is 0.281. The minimum Gasteiger partial charge on any atom is -0.383 e. The lowest BCUT2D eigenvalue weighted by atomic mass is 10.2. The van der Waals surface area contributed by atoms with Crippen molar-refractivity contribution >= 4 is 23.3 Å². The Kier molecular flexibility index (Phi) is 4.72. The highest BCUT2D eigenvalue weighted by atomic mass is 35.5. The topological polar surface area (TPSA) is 68.5 Å². The molecule has 17 heavy (non-hydrogen) atoms. The molecule has 0 bridgehead atoms. The van der Waals surface area contributed by atoms with Crippen LogP contribution in [0.25, 0.3) is 0 Å². The number of amides is 1. The second-order valence-corrected chi connectivity index (χ2v) is 4.22. The van der Waals surface area contributed by atoms with Gasteiger partial charge in [0.15, 0.2) is 0 Å². The Balaban J connectivity index is 2.85. The van der Waals surface area contributed by atoms with Crippen molar-refractivity contribution in [3.05, 3.63) is 22.8 Å². The lowest BCUT2D eigenvalue weighted by molar-refractivity contribution is 0.0633. The van der Waals surface area contributed by atoms with Crippen molar-refractivity contribution in [1.29, 1.82) is 0 Å². The summed E-state index contributed by atoms with van der Waals surface area (Å²) in [6, 6.07) is 1.49. The first-order valence-electron chi connectivity index (χ1n) is 5.14. The van der Waals surface area contributed by atoms with Gasteiger partial charge in [0.05, 0.1) is 23.2 Å². The number of pyridine rings is 1. The number of aromatic nitrogens is 1. The zero-order chi connectivity index (χ0) is 13.0. The summed E-state index contributed by atoms with van der Waals surface area (Å²) in [4.78, 5) is 17.5. The van der Waals surface area contributed by atoms with Crippen molar-refractivity contribution in [1.82, 2.24) is 9.88 Å². The largest absolute Gasteiger partial charge is 0.383 e. The number of carbonyl (C=O) groups is 1. The molecule has 0 aromatic carbocycles. The molecule has 0 aliphatic carbocycles. The highest BCUT2D eigenvalue weighted by molar-refractivity contribution is 6.33. The van der Waals surface area contributed by atoms with Crippen molar-refractivity contribution in [2.24, 2.45) is 0 Å². The van der Waals surface area contributed by atoms with Crippen molar-refractivity contribution in [3.63, 3.8) is 0 Å². The molecular weight excluding hydrogens is 242 g/mol. The molecule has 1 unspecified atom stereocenters. The average molecular weight is 258 g/mol. The van der Waals surface area contributed by atoms with Crippen molar-refractivity contribution in [2.45, 2.75) is 13.0 Å². The van der Waals surface area contributed by atoms with Crippen LogP contribution in [0.5, 0.6) is 0 Å². The smallest absolute Gasteiger partial charge is 0.255 e. The Morgan fingerprint density at radius 3 is 2.88 bits per heavy atom. The summed E-state index contributed by atoms with van der Waals surface area (Å²) < 4.78 is 5.00. The van der Waals surface area contributed by atoms with Crippen LogP contribution in [-0.2, 0) is 4.74 Å². The normalized spacial score (nSPS) is 12.2. The highest BCUT2D eigenvalue weighted by Crippen LogP contribution is 2.18. The van der Waals surface area contributed by atoms with E-state index >= 15 is 0 Å². The third kappa shape index (κ3) is 3.31. The van der Waals surface area contributed by atoms with Crippen LogP contribution in [0, 0.1) is 0 Å². The number of nitrogens with two attached hydrogens (primary N) is 1. The minimum absolute atomic E-state index is 0.0242. The first-order valence-corrected chi connectivity index (χ1v) is 5.52. The maximum absolute atomic E-state index is 12.1. The number of halogens is 1. The number of hydrogen-bond acceptors (Lipinski definition) is 4. The summed E-state index contributed by atoms with van der Waals surface area (Å²) in [6.45, 7) is 2.37. The van der Waals surface area contributed by atoms with Crippen molar-refractivity contribution in [2.75, 3.05) is 26.5 Å². The number of likely N-dealkylation sites (N-methyl/N-ethyl adjacent to an activating group) is 1. The summed E-state index contributed by atoms with van der Waals surface area (Å²) in [7, 11) is 3.30. The third-order valence-electron chi connectivity index (χ3n) is 2.51. The van der Waals surface area contributed by atoms with E-state index in [-0.39, 0.29) is 22.8 Å². The molecule has 1 rings (SSSR count). The molecule has 2 N–H and O–H groups in total. The molecule has 0 saturated carbocycles. The number of rotatable bonds is 4. The fourth-order valence-electron chi connectivity index (χ4n) is 1.32. The molecule has 1 aromatic rings. The Bertz CT molecular complexity index is 412. The summed E-state index contributed by atoms with van der Waals surface area (Å²) in [5.41, 5.74) is 5.90. The number of nitrogen functional groups attached to an aromatic ring is 1. The average Bonchev–Trinajstić information content (AvgIpc) is 2.31. The van der Waals surface area contributed by atoms with Crippen molar-refractivity contribution in [3.8, 4) is 0 Å². The monoisotopic (exact) mass is 257 g/mol. The van der Waals surface area contributed by atoms with Crippen LogP contribution in [0.1, 0.15) is 17.3 Å². The van der Waals surface area contributed by atoms with E-state index < -0.39 is 0 Å². The van der Waals surface area contributed by atoms with Crippen LogP contribution < -0.4 is 5.73 Å². The van der Waals surface area contributed by atoms with Gasteiger partial charge in [-0.15, -0.1) is 0 Å². The molecule has 1 atom stereocenters. The van der Waals surface area contributed by atoms with Gasteiger partial charge in [0, 0.05) is 20.4 Å². The molecule has 0 fully saturated rings. The van der Waals surface area contributed by atoms with E-state index in [1.165, 1.54) is 12.3 Å². The van der Waals surface area contributed by atoms with E-state index in [1.54, 1.807) is 19.1 Å². The lowest BCUT2D eigenvalue weighted by Gasteiger charge is -2.24. The SMILES string of the molecule is COCC(C)N(C)C(=O)c1cnc(N)c(Cl)c1. The molecule has 1 amide bonds. The van der Waals surface area contributed by atoms with Gasteiger partial charge in [0.1, 0.15) is 5.82 Å². The number of methoxy groups -OCH3 is 1. The molecule has 94 valence electrons. The first-order chi connectivity index (χ1) is 7.97. The van der Waals surface area contributed by atoms with E-state index in [0.29, 0.717) is 12.2 Å². The number of hydrogen-bond donors (Lipinski definition) is 1. The van der Waals surface area contributed by atoms with Gasteiger partial charge in [-0.2, -0.15) is 0 Å². The molecule has 1 heterocycles. The Hall–Kier alpha value is -1.33. The Morgan fingerprint density at radius 2 is 2.35 bits per heavy atom. The second kappa shape index (κ2) is 5.84. The summed E-state index contributed by atoms with van der Waals surface area (Å²) in [5.74, 6) is 0.0553. The number of ether oxygens (including phenoxy) is 1. The molecule has 0 aliphatic rings. The maximum atomic E-state index is 12.1. The van der Waals surface area contributed by atoms with Gasteiger partial charge in [-0.1, -0.05) is 11.6 Å². The Morgan fingerprint density at radius 1 is 1.71 bits per heavy atom. The zero-order valence-corrected chi connectivity index (χ0v) is 10.9. The van der Waals surface area contributed by atoms with E-state index in [0.717, 1.165) is 0 Å². The van der Waals surface area contributed by atoms with Crippen LogP contribution in [0.15, 0.2) is 12.3 Å². The number of carbonyl (C=O) groups excluding carboxylic acids is 1. The first kappa shape index (κ1) is 13.7. The molecular formula is C11H16ClN3O2. The van der Waals surface area contributed by atoms with Crippen molar-refractivity contribution < 1.29 is 9.53 Å². The molecule has 0 spiro atoms. The van der Waals surface area contributed by atoms with Gasteiger partial charge in [-0.05, 0) is 13.0 Å². The van der Waals surface area contributed by atoms with Crippen LogP contribution in [0.3, 0.4) is 0 Å². The van der Waals surface area contributed by atoms with Gasteiger partial charge in [0.2, 0.25) is 0 Å². The van der Waals surface area contributed by atoms with Crippen LogP contribution in [0.4, 0.5) is 5.82 Å². The van der Waals surface area contributed by atoms with E-state index in [4.69, 9.17) is 22.1 Å². The van der Waals surface area contributed by atoms with Crippen LogP contribution in [-0.4, -0.2) is 42.6 Å². The van der Waals surface area contributed by atoms with E-state index in [1.807, 2.05) is 6.92 Å². The summed E-state index contributed by atoms with van der Waals surface area (Å²) in [6.07, 6.45) is 1.42. The summed E-state index contributed by atoms with van der Waals surface area (Å²) >= 11 is 5.82. The predicted molar refractivity (Wildman–Crippen MR) is 67.1 cm³/mol. The van der Waals surface area contributed by atoms with E-state index in [2.05, 4.69) is 4.98 Å². The second-order valence-electron chi connectivity index (χ2n) is 3.81. The van der Waals surface area contributed by atoms with Gasteiger partial charge >= 0.3 is 0 Å². The van der Waals surface area contributed by atoms with Crippen LogP contribution in [0.2, 0.25) is 5.02 Å². The predicted octanol–water partition coefficient (Wildman–Crippen LogP) is 1.42. The fourth-order valence-corrected chi connectivity index (χ4v) is 1.49. The zero-order valence-electron chi connectivity index (χ0n) is 10.1. The minimum atomic E-state index is -0.163. The molecule has 6 heteroatoms. The molecule has 5 nitrogen and oxygen atoms in total. The third-order valence-corrected chi connectivity index (χ3v) is 2.81. The fraction of sp³-hybridized carbons (Fsp3) is 0.455. The molecule has 1 aromatic heterocycles. The number of nitrogens with zero attached hydrogens (tertiary/aromatic N) is 2. The maximum Gasteiger partial charge on any atom is 0.255 e. The van der Waals surface area contributed by atoms with Crippen LogP contribution >= 0.6 is 11.6 Å². The number of anilines is 1. The molecule has 0 saturated heterocycles. The molecule has 0 aliphatic heterocycles. The van der Waals surface area contributed by atoms with Gasteiger partial charge in [-0.25, -0.2) is 4.98 Å².